The van der Waals surface area contributed by atoms with Crippen LogP contribution in [0.5, 0.6) is 17.2 Å². The zero-order chi connectivity index (χ0) is 21.6. The highest BCUT2D eigenvalue weighted by molar-refractivity contribution is 5.54. The van der Waals surface area contributed by atoms with Crippen molar-refractivity contribution in [3.8, 4) is 17.2 Å². The molecular weight excluding hydrogens is 396 g/mol. The molecule has 9 heteroatoms. The van der Waals surface area contributed by atoms with Gasteiger partial charge in [0, 0.05) is 51.0 Å². The predicted molar refractivity (Wildman–Crippen MR) is 119 cm³/mol. The lowest BCUT2D eigenvalue weighted by molar-refractivity contribution is 0.239. The number of nitrogens with zero attached hydrogens (tertiary/aromatic N) is 4. The second kappa shape index (κ2) is 10.1. The first-order valence-electron chi connectivity index (χ1n) is 10.8. The first-order valence-corrected chi connectivity index (χ1v) is 10.8. The van der Waals surface area contributed by atoms with E-state index in [1.165, 1.54) is 0 Å². The van der Waals surface area contributed by atoms with Gasteiger partial charge >= 0.3 is 0 Å². The molecule has 0 aliphatic carbocycles. The van der Waals surface area contributed by atoms with Crippen LogP contribution in [0.2, 0.25) is 0 Å². The summed E-state index contributed by atoms with van der Waals surface area (Å²) in [5.74, 6) is 3.22. The van der Waals surface area contributed by atoms with Crippen LogP contribution in [0.1, 0.15) is 18.0 Å². The van der Waals surface area contributed by atoms with E-state index in [0.29, 0.717) is 23.2 Å². The van der Waals surface area contributed by atoms with Crippen molar-refractivity contribution in [1.29, 1.82) is 0 Å². The molecule has 0 saturated carbocycles. The van der Waals surface area contributed by atoms with Gasteiger partial charge in [-0.1, -0.05) is 0 Å². The molecule has 168 valence electrons. The average Bonchev–Trinajstić information content (AvgIpc) is 3.15. The molecular formula is C22H32N6O3. The molecule has 0 amide bonds. The smallest absolute Gasteiger partial charge is 0.225 e. The van der Waals surface area contributed by atoms with E-state index in [-0.39, 0.29) is 6.04 Å². The Bertz CT molecular complexity index is 827. The van der Waals surface area contributed by atoms with Crippen molar-refractivity contribution in [3.63, 3.8) is 0 Å². The predicted octanol–water partition coefficient (Wildman–Crippen LogP) is 1.48. The van der Waals surface area contributed by atoms with Crippen LogP contribution in [0.15, 0.2) is 30.6 Å². The Morgan fingerprint density at radius 1 is 0.968 bits per heavy atom. The quantitative estimate of drug-likeness (QED) is 0.681. The van der Waals surface area contributed by atoms with Crippen LogP contribution in [0.3, 0.4) is 0 Å². The summed E-state index contributed by atoms with van der Waals surface area (Å²) in [4.78, 5) is 13.7. The van der Waals surface area contributed by atoms with E-state index in [0.717, 1.165) is 57.2 Å². The van der Waals surface area contributed by atoms with Crippen molar-refractivity contribution < 1.29 is 14.2 Å². The maximum absolute atomic E-state index is 5.55. The van der Waals surface area contributed by atoms with E-state index >= 15 is 0 Å². The van der Waals surface area contributed by atoms with Gasteiger partial charge in [-0.2, -0.15) is 0 Å². The van der Waals surface area contributed by atoms with Gasteiger partial charge in [-0.05, 0) is 36.7 Å². The Labute approximate surface area is 183 Å². The van der Waals surface area contributed by atoms with Crippen molar-refractivity contribution in [2.45, 2.75) is 12.5 Å². The minimum atomic E-state index is 0.158. The monoisotopic (exact) mass is 428 g/mol. The van der Waals surface area contributed by atoms with E-state index in [2.05, 4.69) is 30.6 Å². The number of rotatable bonds is 7. The van der Waals surface area contributed by atoms with Crippen LogP contribution < -0.4 is 30.0 Å². The molecule has 1 aromatic heterocycles. The first-order chi connectivity index (χ1) is 15.2. The molecule has 0 spiro atoms. The van der Waals surface area contributed by atoms with Crippen LogP contribution in [0.4, 0.5) is 5.95 Å². The standard InChI is InChI=1S/C22H32N6O3/c1-29-18-12-16(13-19(30-2)21(18)31-3)20-17(14-25-26-20)15-27-8-5-9-28(11-10-27)22-23-6-4-7-24-22/h4,6-7,12-13,17,20,25-26H,5,8-11,14-15H2,1-3H3. The molecule has 3 heterocycles. The van der Waals surface area contributed by atoms with Crippen molar-refractivity contribution in [2.75, 3.05) is 65.5 Å². The number of methoxy groups -OCH3 is 3. The summed E-state index contributed by atoms with van der Waals surface area (Å²) in [6, 6.07) is 6.09. The minimum Gasteiger partial charge on any atom is -0.493 e. The number of nitrogens with one attached hydrogen (secondary N) is 2. The number of hydrogen-bond acceptors (Lipinski definition) is 9. The van der Waals surface area contributed by atoms with Gasteiger partial charge in [0.05, 0.1) is 27.4 Å². The van der Waals surface area contributed by atoms with Gasteiger partial charge in [-0.3, -0.25) is 5.43 Å². The summed E-state index contributed by atoms with van der Waals surface area (Å²) in [5.41, 5.74) is 7.91. The van der Waals surface area contributed by atoms with Crippen molar-refractivity contribution in [1.82, 2.24) is 25.7 Å². The summed E-state index contributed by atoms with van der Waals surface area (Å²) >= 11 is 0. The van der Waals surface area contributed by atoms with Crippen LogP contribution in [0.25, 0.3) is 0 Å². The SMILES string of the molecule is COc1cc(C2NNCC2CN2CCCN(c3ncccn3)CC2)cc(OC)c1OC. The molecule has 2 aliphatic rings. The lowest BCUT2D eigenvalue weighted by Crippen LogP contribution is -2.36. The fraction of sp³-hybridized carbons (Fsp3) is 0.545. The largest absolute Gasteiger partial charge is 0.493 e. The third-order valence-electron chi connectivity index (χ3n) is 6.06. The maximum atomic E-state index is 5.55. The molecule has 31 heavy (non-hydrogen) atoms. The van der Waals surface area contributed by atoms with Gasteiger partial charge in [0.2, 0.25) is 11.7 Å². The molecule has 2 fully saturated rings. The Balaban J connectivity index is 1.44. The molecule has 0 radical (unpaired) electrons. The summed E-state index contributed by atoms with van der Waals surface area (Å²) in [7, 11) is 4.93. The fourth-order valence-corrected chi connectivity index (χ4v) is 4.48. The Hall–Kier alpha value is -2.62. The molecule has 0 bridgehead atoms. The summed E-state index contributed by atoms with van der Waals surface area (Å²) in [6.45, 7) is 5.90. The Morgan fingerprint density at radius 2 is 1.71 bits per heavy atom. The van der Waals surface area contributed by atoms with E-state index < -0.39 is 0 Å². The van der Waals surface area contributed by atoms with E-state index in [4.69, 9.17) is 14.2 Å². The highest BCUT2D eigenvalue weighted by atomic mass is 16.5. The van der Waals surface area contributed by atoms with Crippen LogP contribution >= 0.6 is 0 Å². The molecule has 9 nitrogen and oxygen atoms in total. The lowest BCUT2D eigenvalue weighted by atomic mass is 9.93. The topological polar surface area (TPSA) is 84.0 Å². The van der Waals surface area contributed by atoms with Gasteiger partial charge in [-0.25, -0.2) is 15.4 Å². The molecule has 2 atom stereocenters. The van der Waals surface area contributed by atoms with Crippen molar-refractivity contribution in [3.05, 3.63) is 36.2 Å². The number of hydrogen-bond donors (Lipinski definition) is 2. The first kappa shape index (κ1) is 21.6. The highest BCUT2D eigenvalue weighted by Gasteiger charge is 2.32. The van der Waals surface area contributed by atoms with Gasteiger partial charge in [0.15, 0.2) is 11.5 Å². The van der Waals surface area contributed by atoms with Crippen LogP contribution in [-0.2, 0) is 0 Å². The minimum absolute atomic E-state index is 0.158. The number of ether oxygens (including phenoxy) is 3. The molecule has 1 aromatic carbocycles. The molecule has 2 unspecified atom stereocenters. The lowest BCUT2D eigenvalue weighted by Gasteiger charge is -2.27. The second-order valence-electron chi connectivity index (χ2n) is 7.91. The third kappa shape index (κ3) is 4.84. The second-order valence-corrected chi connectivity index (χ2v) is 7.91. The van der Waals surface area contributed by atoms with E-state index in [1.807, 2.05) is 30.6 Å². The van der Waals surface area contributed by atoms with Gasteiger partial charge in [0.25, 0.3) is 0 Å². The average molecular weight is 429 g/mol. The molecule has 4 rings (SSSR count). The fourth-order valence-electron chi connectivity index (χ4n) is 4.48. The number of anilines is 1. The number of hydrazine groups is 1. The van der Waals surface area contributed by atoms with Crippen molar-refractivity contribution in [2.24, 2.45) is 5.92 Å². The van der Waals surface area contributed by atoms with E-state index in [9.17, 15) is 0 Å². The molecule has 2 aliphatic heterocycles. The third-order valence-corrected chi connectivity index (χ3v) is 6.06. The van der Waals surface area contributed by atoms with Gasteiger partial charge in [0.1, 0.15) is 0 Å². The Kier molecular flexibility index (Phi) is 7.06. The summed E-state index contributed by atoms with van der Waals surface area (Å²) < 4.78 is 16.6. The summed E-state index contributed by atoms with van der Waals surface area (Å²) in [6.07, 6.45) is 4.71. The van der Waals surface area contributed by atoms with Gasteiger partial charge in [-0.15, -0.1) is 0 Å². The van der Waals surface area contributed by atoms with Gasteiger partial charge < -0.3 is 24.0 Å². The number of benzene rings is 1. The zero-order valence-electron chi connectivity index (χ0n) is 18.5. The van der Waals surface area contributed by atoms with E-state index in [1.54, 1.807) is 21.3 Å². The molecule has 2 saturated heterocycles. The summed E-state index contributed by atoms with van der Waals surface area (Å²) in [5, 5.41) is 0. The van der Waals surface area contributed by atoms with Crippen molar-refractivity contribution >= 4 is 5.95 Å². The number of aromatic nitrogens is 2. The molecule has 2 N–H and O–H groups in total. The molecule has 2 aromatic rings. The van der Waals surface area contributed by atoms with Crippen LogP contribution in [0, 0.1) is 5.92 Å². The normalized spacial score (nSPS) is 22.2. The van der Waals surface area contributed by atoms with Crippen LogP contribution in [-0.4, -0.2) is 75.5 Å². The maximum Gasteiger partial charge on any atom is 0.225 e. The Morgan fingerprint density at radius 3 is 2.39 bits per heavy atom. The highest BCUT2D eigenvalue weighted by Crippen LogP contribution is 2.41. The zero-order valence-corrected chi connectivity index (χ0v) is 18.5.